The zero-order valence-electron chi connectivity index (χ0n) is 13.2. The number of carbonyl (C=O) groups excluding carboxylic acids is 2. The summed E-state index contributed by atoms with van der Waals surface area (Å²) in [6.45, 7) is 6.24. The standard InChI is InChI=1S/C16H22N2O4/c1-16(2,3)22-15(21)17-8-9-18(14(20)10-17)13-6-4-12(11-19)5-7-13/h4-7,19H,8-11H2,1-3H3. The molecule has 0 spiro atoms. The van der Waals surface area contributed by atoms with Gasteiger partial charge in [0.1, 0.15) is 12.1 Å². The first-order valence-corrected chi connectivity index (χ1v) is 7.28. The predicted octanol–water partition coefficient (Wildman–Crippen LogP) is 1.76. The van der Waals surface area contributed by atoms with Crippen molar-refractivity contribution in [1.82, 2.24) is 4.90 Å². The average molecular weight is 306 g/mol. The van der Waals surface area contributed by atoms with Crippen LogP contribution in [0.2, 0.25) is 0 Å². The Morgan fingerprint density at radius 2 is 1.86 bits per heavy atom. The van der Waals surface area contributed by atoms with E-state index in [1.807, 2.05) is 0 Å². The third-order valence-corrected chi connectivity index (χ3v) is 3.30. The molecule has 1 heterocycles. The van der Waals surface area contributed by atoms with Crippen molar-refractivity contribution >= 4 is 17.7 Å². The van der Waals surface area contributed by atoms with Crippen molar-refractivity contribution in [2.45, 2.75) is 33.0 Å². The Balaban J connectivity index is 2.00. The van der Waals surface area contributed by atoms with Crippen LogP contribution in [0.5, 0.6) is 0 Å². The zero-order chi connectivity index (χ0) is 16.3. The van der Waals surface area contributed by atoms with E-state index in [-0.39, 0.29) is 19.1 Å². The first kappa shape index (κ1) is 16.3. The summed E-state index contributed by atoms with van der Waals surface area (Å²) < 4.78 is 5.29. The normalized spacial score (nSPS) is 15.9. The highest BCUT2D eigenvalue weighted by atomic mass is 16.6. The second kappa shape index (κ2) is 6.36. The highest BCUT2D eigenvalue weighted by Gasteiger charge is 2.30. The number of anilines is 1. The van der Waals surface area contributed by atoms with Gasteiger partial charge >= 0.3 is 6.09 Å². The van der Waals surface area contributed by atoms with E-state index in [2.05, 4.69) is 0 Å². The van der Waals surface area contributed by atoms with Crippen LogP contribution >= 0.6 is 0 Å². The monoisotopic (exact) mass is 306 g/mol. The van der Waals surface area contributed by atoms with Crippen LogP contribution in [-0.4, -0.2) is 47.2 Å². The minimum atomic E-state index is -0.572. The van der Waals surface area contributed by atoms with E-state index in [0.717, 1.165) is 11.3 Å². The van der Waals surface area contributed by atoms with Crippen LogP contribution in [0.15, 0.2) is 24.3 Å². The van der Waals surface area contributed by atoms with Gasteiger partial charge in [-0.3, -0.25) is 9.69 Å². The Morgan fingerprint density at radius 1 is 1.23 bits per heavy atom. The third-order valence-electron chi connectivity index (χ3n) is 3.30. The van der Waals surface area contributed by atoms with E-state index >= 15 is 0 Å². The van der Waals surface area contributed by atoms with Crippen LogP contribution in [0, 0.1) is 0 Å². The number of carbonyl (C=O) groups is 2. The summed E-state index contributed by atoms with van der Waals surface area (Å²) in [4.78, 5) is 27.3. The Labute approximate surface area is 130 Å². The first-order chi connectivity index (χ1) is 10.3. The SMILES string of the molecule is CC(C)(C)OC(=O)N1CCN(c2ccc(CO)cc2)C(=O)C1. The fourth-order valence-electron chi connectivity index (χ4n) is 2.21. The lowest BCUT2D eigenvalue weighted by molar-refractivity contribution is -0.121. The Hall–Kier alpha value is -2.08. The van der Waals surface area contributed by atoms with E-state index in [0.29, 0.717) is 13.1 Å². The molecule has 1 aliphatic heterocycles. The van der Waals surface area contributed by atoms with Crippen LogP contribution in [0.1, 0.15) is 26.3 Å². The molecular weight excluding hydrogens is 284 g/mol. The van der Waals surface area contributed by atoms with Gasteiger partial charge in [-0.25, -0.2) is 4.79 Å². The van der Waals surface area contributed by atoms with Gasteiger partial charge in [0.25, 0.3) is 0 Å². The lowest BCUT2D eigenvalue weighted by Crippen LogP contribution is -2.53. The van der Waals surface area contributed by atoms with E-state index < -0.39 is 11.7 Å². The van der Waals surface area contributed by atoms with Gasteiger partial charge in [0.15, 0.2) is 0 Å². The molecule has 120 valence electrons. The number of piperazine rings is 1. The van der Waals surface area contributed by atoms with Crippen molar-refractivity contribution in [3.63, 3.8) is 0 Å². The van der Waals surface area contributed by atoms with Gasteiger partial charge in [0.2, 0.25) is 5.91 Å². The molecule has 0 aromatic heterocycles. The molecule has 1 aromatic rings. The molecule has 6 heteroatoms. The van der Waals surface area contributed by atoms with Crippen LogP contribution in [0.3, 0.4) is 0 Å². The molecule has 22 heavy (non-hydrogen) atoms. The summed E-state index contributed by atoms with van der Waals surface area (Å²) >= 11 is 0. The number of amides is 2. The summed E-state index contributed by atoms with van der Waals surface area (Å²) in [5.41, 5.74) is 0.992. The van der Waals surface area contributed by atoms with Crippen LogP contribution in [0.25, 0.3) is 0 Å². The van der Waals surface area contributed by atoms with E-state index in [4.69, 9.17) is 9.84 Å². The van der Waals surface area contributed by atoms with Gasteiger partial charge in [0.05, 0.1) is 6.61 Å². The molecule has 1 aliphatic rings. The Bertz CT molecular complexity index is 548. The summed E-state index contributed by atoms with van der Waals surface area (Å²) in [6, 6.07) is 7.16. The highest BCUT2D eigenvalue weighted by molar-refractivity contribution is 5.97. The van der Waals surface area contributed by atoms with Crippen molar-refractivity contribution in [2.24, 2.45) is 0 Å². The largest absolute Gasteiger partial charge is 0.444 e. The highest BCUT2D eigenvalue weighted by Crippen LogP contribution is 2.19. The van der Waals surface area contributed by atoms with Gasteiger partial charge in [-0.05, 0) is 38.5 Å². The van der Waals surface area contributed by atoms with Crippen molar-refractivity contribution in [3.8, 4) is 0 Å². The number of hydrogen-bond donors (Lipinski definition) is 1. The molecular formula is C16H22N2O4. The van der Waals surface area contributed by atoms with E-state index in [9.17, 15) is 9.59 Å². The molecule has 0 aliphatic carbocycles. The number of aliphatic hydroxyl groups excluding tert-OH is 1. The third kappa shape index (κ3) is 3.98. The van der Waals surface area contributed by atoms with Crippen molar-refractivity contribution < 1.29 is 19.4 Å². The van der Waals surface area contributed by atoms with Gasteiger partial charge in [-0.1, -0.05) is 12.1 Å². The average Bonchev–Trinajstić information content (AvgIpc) is 2.45. The molecule has 1 aromatic carbocycles. The summed E-state index contributed by atoms with van der Waals surface area (Å²) in [5.74, 6) is -0.145. The molecule has 6 nitrogen and oxygen atoms in total. The lowest BCUT2D eigenvalue weighted by atomic mass is 10.2. The van der Waals surface area contributed by atoms with Crippen LogP contribution < -0.4 is 4.90 Å². The van der Waals surface area contributed by atoms with Gasteiger partial charge in [-0.15, -0.1) is 0 Å². The zero-order valence-corrected chi connectivity index (χ0v) is 13.2. The molecule has 0 atom stereocenters. The second-order valence-electron chi connectivity index (χ2n) is 6.27. The summed E-state index contributed by atoms with van der Waals surface area (Å²) in [7, 11) is 0. The number of hydrogen-bond acceptors (Lipinski definition) is 4. The molecule has 0 unspecified atom stereocenters. The molecule has 0 saturated carbocycles. The number of ether oxygens (including phenoxy) is 1. The molecule has 1 fully saturated rings. The molecule has 2 amide bonds. The van der Waals surface area contributed by atoms with Gasteiger partial charge in [-0.2, -0.15) is 0 Å². The van der Waals surface area contributed by atoms with Crippen LogP contribution in [0.4, 0.5) is 10.5 Å². The minimum absolute atomic E-state index is 0.0106. The van der Waals surface area contributed by atoms with Crippen molar-refractivity contribution in [3.05, 3.63) is 29.8 Å². The fourth-order valence-corrected chi connectivity index (χ4v) is 2.21. The molecule has 1 N–H and O–H groups in total. The van der Waals surface area contributed by atoms with Gasteiger partial charge < -0.3 is 14.7 Å². The maximum atomic E-state index is 12.3. The molecule has 1 saturated heterocycles. The maximum Gasteiger partial charge on any atom is 0.410 e. The lowest BCUT2D eigenvalue weighted by Gasteiger charge is -2.35. The fraction of sp³-hybridized carbons (Fsp3) is 0.500. The maximum absolute atomic E-state index is 12.3. The van der Waals surface area contributed by atoms with Crippen LogP contribution in [-0.2, 0) is 16.1 Å². The first-order valence-electron chi connectivity index (χ1n) is 7.28. The summed E-state index contributed by atoms with van der Waals surface area (Å²) in [6.07, 6.45) is -0.462. The molecule has 0 bridgehead atoms. The van der Waals surface area contributed by atoms with Gasteiger partial charge in [0, 0.05) is 18.8 Å². The smallest absolute Gasteiger partial charge is 0.410 e. The van der Waals surface area contributed by atoms with Crippen molar-refractivity contribution in [2.75, 3.05) is 24.5 Å². The Kier molecular flexibility index (Phi) is 4.71. The molecule has 2 rings (SSSR count). The number of benzene rings is 1. The number of nitrogens with zero attached hydrogens (tertiary/aromatic N) is 2. The molecule has 0 radical (unpaired) electrons. The summed E-state index contributed by atoms with van der Waals surface area (Å²) in [5, 5.41) is 9.04. The van der Waals surface area contributed by atoms with E-state index in [1.165, 1.54) is 4.90 Å². The topological polar surface area (TPSA) is 70.1 Å². The second-order valence-corrected chi connectivity index (χ2v) is 6.27. The minimum Gasteiger partial charge on any atom is -0.444 e. The van der Waals surface area contributed by atoms with E-state index in [1.54, 1.807) is 49.9 Å². The predicted molar refractivity (Wildman–Crippen MR) is 82.5 cm³/mol. The quantitative estimate of drug-likeness (QED) is 0.904. The van der Waals surface area contributed by atoms with Crippen molar-refractivity contribution in [1.29, 1.82) is 0 Å². The number of rotatable bonds is 2. The number of aliphatic hydroxyl groups is 1. The Morgan fingerprint density at radius 3 is 2.36 bits per heavy atom.